The van der Waals surface area contributed by atoms with Gasteiger partial charge in [0.1, 0.15) is 0 Å². The second-order valence-corrected chi connectivity index (χ2v) is 5.27. The molecule has 3 atom stereocenters. The zero-order chi connectivity index (χ0) is 12.0. The van der Waals surface area contributed by atoms with Gasteiger partial charge in [-0.1, -0.05) is 33.1 Å². The standard InChI is InChI=1S/C14H29NO/c1-5-7-9-14(8-6-2)15-12(3)10-16-11-13(15)4/h12-14H,5-11H2,1-4H3/t12-,13+,14?. The predicted molar refractivity (Wildman–Crippen MR) is 69.8 cm³/mol. The minimum atomic E-state index is 0.595. The molecule has 1 aliphatic rings. The normalized spacial score (nSPS) is 29.2. The SMILES string of the molecule is CCCCC(CCC)N1[C@H](C)COC[C@@H]1C. The molecular formula is C14H29NO. The van der Waals surface area contributed by atoms with Crippen molar-refractivity contribution in [2.75, 3.05) is 13.2 Å². The second kappa shape index (κ2) is 7.29. The largest absolute Gasteiger partial charge is 0.378 e. The molecular weight excluding hydrogens is 198 g/mol. The van der Waals surface area contributed by atoms with Gasteiger partial charge in [-0.25, -0.2) is 0 Å². The van der Waals surface area contributed by atoms with Crippen LogP contribution in [-0.4, -0.2) is 36.2 Å². The zero-order valence-corrected chi connectivity index (χ0v) is 11.5. The minimum Gasteiger partial charge on any atom is -0.378 e. The van der Waals surface area contributed by atoms with Crippen molar-refractivity contribution >= 4 is 0 Å². The third kappa shape index (κ3) is 3.74. The molecule has 1 rings (SSSR count). The first-order valence-electron chi connectivity index (χ1n) is 7.05. The van der Waals surface area contributed by atoms with Crippen molar-refractivity contribution in [3.05, 3.63) is 0 Å². The average molecular weight is 227 g/mol. The number of ether oxygens (including phenoxy) is 1. The highest BCUT2D eigenvalue weighted by molar-refractivity contribution is 4.84. The van der Waals surface area contributed by atoms with Crippen LogP contribution in [0.5, 0.6) is 0 Å². The Balaban J connectivity index is 2.58. The van der Waals surface area contributed by atoms with E-state index in [0.29, 0.717) is 12.1 Å². The van der Waals surface area contributed by atoms with Gasteiger partial charge in [-0.3, -0.25) is 4.90 Å². The highest BCUT2D eigenvalue weighted by Gasteiger charge is 2.30. The summed E-state index contributed by atoms with van der Waals surface area (Å²) in [5.74, 6) is 0. The summed E-state index contributed by atoms with van der Waals surface area (Å²) < 4.78 is 5.62. The number of nitrogens with zero attached hydrogens (tertiary/aromatic N) is 1. The van der Waals surface area contributed by atoms with Crippen LogP contribution in [-0.2, 0) is 4.74 Å². The Morgan fingerprint density at radius 1 is 1.06 bits per heavy atom. The van der Waals surface area contributed by atoms with Gasteiger partial charge in [-0.15, -0.1) is 0 Å². The van der Waals surface area contributed by atoms with Crippen LogP contribution in [0.2, 0.25) is 0 Å². The monoisotopic (exact) mass is 227 g/mol. The van der Waals surface area contributed by atoms with Crippen molar-refractivity contribution in [2.24, 2.45) is 0 Å². The van der Waals surface area contributed by atoms with E-state index >= 15 is 0 Å². The molecule has 16 heavy (non-hydrogen) atoms. The third-order valence-corrected chi connectivity index (χ3v) is 3.67. The van der Waals surface area contributed by atoms with Gasteiger partial charge in [0.25, 0.3) is 0 Å². The molecule has 0 saturated carbocycles. The van der Waals surface area contributed by atoms with Crippen molar-refractivity contribution in [1.29, 1.82) is 0 Å². The van der Waals surface area contributed by atoms with Crippen molar-refractivity contribution in [1.82, 2.24) is 4.90 Å². The van der Waals surface area contributed by atoms with Gasteiger partial charge in [0, 0.05) is 18.1 Å². The summed E-state index contributed by atoms with van der Waals surface area (Å²) in [7, 11) is 0. The molecule has 0 aliphatic carbocycles. The summed E-state index contributed by atoms with van der Waals surface area (Å²) in [6, 6.07) is 1.97. The zero-order valence-electron chi connectivity index (χ0n) is 11.5. The van der Waals surface area contributed by atoms with Crippen LogP contribution in [0.1, 0.15) is 59.8 Å². The highest BCUT2D eigenvalue weighted by Crippen LogP contribution is 2.23. The molecule has 1 unspecified atom stereocenters. The molecule has 0 spiro atoms. The van der Waals surface area contributed by atoms with E-state index in [-0.39, 0.29) is 0 Å². The summed E-state index contributed by atoms with van der Waals surface area (Å²) in [4.78, 5) is 2.71. The van der Waals surface area contributed by atoms with Crippen LogP contribution in [0, 0.1) is 0 Å². The van der Waals surface area contributed by atoms with E-state index in [1.54, 1.807) is 0 Å². The van der Waals surface area contributed by atoms with E-state index in [1.165, 1.54) is 32.1 Å². The maximum atomic E-state index is 5.62. The fourth-order valence-electron chi connectivity index (χ4n) is 2.95. The number of hydrogen-bond acceptors (Lipinski definition) is 2. The van der Waals surface area contributed by atoms with Crippen LogP contribution in [0.4, 0.5) is 0 Å². The molecule has 0 amide bonds. The summed E-state index contributed by atoms with van der Waals surface area (Å²) in [6.07, 6.45) is 6.67. The lowest BCUT2D eigenvalue weighted by molar-refractivity contribution is -0.0616. The first-order valence-corrected chi connectivity index (χ1v) is 7.05. The van der Waals surface area contributed by atoms with E-state index in [1.807, 2.05) is 0 Å². The van der Waals surface area contributed by atoms with Crippen molar-refractivity contribution < 1.29 is 4.74 Å². The highest BCUT2D eigenvalue weighted by atomic mass is 16.5. The number of morpholine rings is 1. The fraction of sp³-hybridized carbons (Fsp3) is 1.00. The lowest BCUT2D eigenvalue weighted by Gasteiger charge is -2.44. The van der Waals surface area contributed by atoms with E-state index < -0.39 is 0 Å². The molecule has 1 aliphatic heterocycles. The molecule has 2 heteroatoms. The molecule has 1 heterocycles. The van der Waals surface area contributed by atoms with Crippen LogP contribution in [0.15, 0.2) is 0 Å². The Bertz CT molecular complexity index is 174. The maximum absolute atomic E-state index is 5.62. The van der Waals surface area contributed by atoms with Crippen molar-refractivity contribution in [3.8, 4) is 0 Å². The molecule has 0 radical (unpaired) electrons. The second-order valence-electron chi connectivity index (χ2n) is 5.27. The van der Waals surface area contributed by atoms with Gasteiger partial charge in [0.2, 0.25) is 0 Å². The van der Waals surface area contributed by atoms with E-state index in [4.69, 9.17) is 4.74 Å². The molecule has 0 N–H and O–H groups in total. The number of rotatable bonds is 6. The van der Waals surface area contributed by atoms with Crippen LogP contribution in [0.3, 0.4) is 0 Å². The van der Waals surface area contributed by atoms with Crippen LogP contribution in [0.25, 0.3) is 0 Å². The third-order valence-electron chi connectivity index (χ3n) is 3.67. The Morgan fingerprint density at radius 3 is 2.19 bits per heavy atom. The van der Waals surface area contributed by atoms with E-state index in [9.17, 15) is 0 Å². The number of unbranched alkanes of at least 4 members (excludes halogenated alkanes) is 1. The molecule has 96 valence electrons. The predicted octanol–water partition coefficient (Wildman–Crippen LogP) is 3.45. The van der Waals surface area contributed by atoms with E-state index in [0.717, 1.165) is 19.3 Å². The van der Waals surface area contributed by atoms with Crippen molar-refractivity contribution in [2.45, 2.75) is 77.9 Å². The average Bonchev–Trinajstić information content (AvgIpc) is 2.25. The van der Waals surface area contributed by atoms with Gasteiger partial charge in [-0.05, 0) is 26.7 Å². The summed E-state index contributed by atoms with van der Waals surface area (Å²) in [6.45, 7) is 11.0. The quantitative estimate of drug-likeness (QED) is 0.689. The Hall–Kier alpha value is -0.0800. The summed E-state index contributed by atoms with van der Waals surface area (Å²) in [5.41, 5.74) is 0. The molecule has 0 aromatic rings. The number of hydrogen-bond donors (Lipinski definition) is 0. The molecule has 2 nitrogen and oxygen atoms in total. The van der Waals surface area contributed by atoms with Gasteiger partial charge in [-0.2, -0.15) is 0 Å². The summed E-state index contributed by atoms with van der Waals surface area (Å²) >= 11 is 0. The Morgan fingerprint density at radius 2 is 1.69 bits per heavy atom. The smallest absolute Gasteiger partial charge is 0.0620 e. The maximum Gasteiger partial charge on any atom is 0.0620 e. The molecule has 0 aromatic carbocycles. The van der Waals surface area contributed by atoms with Gasteiger partial charge in [0.15, 0.2) is 0 Å². The lowest BCUT2D eigenvalue weighted by Crippen LogP contribution is -2.54. The first kappa shape index (κ1) is 14.0. The molecule has 1 saturated heterocycles. The first-order chi connectivity index (χ1) is 7.70. The minimum absolute atomic E-state index is 0.595. The Kier molecular flexibility index (Phi) is 6.37. The lowest BCUT2D eigenvalue weighted by atomic mass is 9.99. The Labute approximate surface area is 101 Å². The summed E-state index contributed by atoms with van der Waals surface area (Å²) in [5, 5.41) is 0. The topological polar surface area (TPSA) is 12.5 Å². The molecule has 1 fully saturated rings. The van der Waals surface area contributed by atoms with Gasteiger partial charge >= 0.3 is 0 Å². The van der Waals surface area contributed by atoms with Gasteiger partial charge in [0.05, 0.1) is 13.2 Å². The van der Waals surface area contributed by atoms with Crippen LogP contribution < -0.4 is 0 Å². The van der Waals surface area contributed by atoms with E-state index in [2.05, 4.69) is 32.6 Å². The van der Waals surface area contributed by atoms with Gasteiger partial charge < -0.3 is 4.74 Å². The fourth-order valence-corrected chi connectivity index (χ4v) is 2.95. The molecule has 0 bridgehead atoms. The van der Waals surface area contributed by atoms with Crippen LogP contribution >= 0.6 is 0 Å². The van der Waals surface area contributed by atoms with Crippen molar-refractivity contribution in [3.63, 3.8) is 0 Å². The molecule has 0 aromatic heterocycles.